The number of piperazine rings is 1. The van der Waals surface area contributed by atoms with Crippen molar-refractivity contribution in [2.45, 2.75) is 76.3 Å². The second-order valence-electron chi connectivity index (χ2n) is 19.0. The van der Waals surface area contributed by atoms with Crippen molar-refractivity contribution in [1.82, 2.24) is 45.1 Å². The molecule has 6 heterocycles. The first kappa shape index (κ1) is 50.4. The van der Waals surface area contributed by atoms with Crippen LogP contribution in [-0.4, -0.2) is 148 Å². The number of imide groups is 2. The number of nitrogens with one attached hydrogen (secondary N) is 4. The number of urea groups is 1. The molecule has 0 aliphatic carbocycles. The van der Waals surface area contributed by atoms with Gasteiger partial charge in [-0.15, -0.1) is 0 Å². The lowest BCUT2D eigenvalue weighted by Gasteiger charge is -2.34. The minimum atomic E-state index is -0.998. The Kier molecular flexibility index (Phi) is 15.8. The third kappa shape index (κ3) is 11.5. The topological polar surface area (TPSA) is 216 Å². The second kappa shape index (κ2) is 22.9. The van der Waals surface area contributed by atoms with Gasteiger partial charge in [-0.3, -0.25) is 44.4 Å². The Labute approximate surface area is 422 Å². The fourth-order valence-electron chi connectivity index (χ4n) is 10.2. The highest BCUT2D eigenvalue weighted by atomic mass is 19.1. The molecule has 73 heavy (non-hydrogen) atoms. The summed E-state index contributed by atoms with van der Waals surface area (Å²) in [7, 11) is 1.65. The summed E-state index contributed by atoms with van der Waals surface area (Å²) in [6, 6.07) is 19.4. The number of nitrogens with zero attached hydrogens (tertiary/aromatic N) is 8. The van der Waals surface area contributed by atoms with E-state index in [0.717, 1.165) is 53.8 Å². The van der Waals surface area contributed by atoms with Crippen LogP contribution in [0.15, 0.2) is 85.2 Å². The van der Waals surface area contributed by atoms with E-state index in [-0.39, 0.29) is 47.7 Å². The van der Waals surface area contributed by atoms with Crippen molar-refractivity contribution >= 4 is 53.0 Å². The molecule has 4 aliphatic heterocycles. The summed E-state index contributed by atoms with van der Waals surface area (Å²) in [5.41, 5.74) is 4.79. The lowest BCUT2D eigenvalue weighted by Crippen LogP contribution is -2.54. The summed E-state index contributed by atoms with van der Waals surface area (Å²) >= 11 is 0. The first-order valence-corrected chi connectivity index (χ1v) is 25.1. The van der Waals surface area contributed by atoms with Gasteiger partial charge in [-0.05, 0) is 74.2 Å². The first-order valence-electron chi connectivity index (χ1n) is 25.1. The molecule has 3 saturated heterocycles. The Balaban J connectivity index is 0.721. The second-order valence-corrected chi connectivity index (χ2v) is 19.0. The van der Waals surface area contributed by atoms with E-state index in [4.69, 9.17) is 19.8 Å². The van der Waals surface area contributed by atoms with E-state index in [0.29, 0.717) is 94.1 Å². The average Bonchev–Trinajstić information content (AvgIpc) is 4.03. The third-order valence-electron chi connectivity index (χ3n) is 14.1. The van der Waals surface area contributed by atoms with Crippen LogP contribution in [0.25, 0.3) is 16.9 Å². The van der Waals surface area contributed by atoms with E-state index in [2.05, 4.69) is 31.1 Å². The number of rotatable bonds is 19. The molecular formula is C53H61FN12O7. The van der Waals surface area contributed by atoms with E-state index in [1.54, 1.807) is 48.5 Å². The van der Waals surface area contributed by atoms with Gasteiger partial charge in [0, 0.05) is 107 Å². The van der Waals surface area contributed by atoms with Crippen molar-refractivity contribution in [3.63, 3.8) is 0 Å². The number of ether oxygens (including phenoxy) is 1. The minimum absolute atomic E-state index is 0.0699. The van der Waals surface area contributed by atoms with Gasteiger partial charge in [0.1, 0.15) is 23.4 Å². The Bertz CT molecular complexity index is 2840. The number of amides is 7. The van der Waals surface area contributed by atoms with Crippen molar-refractivity contribution in [2.75, 3.05) is 81.6 Å². The maximum atomic E-state index is 14.3. The number of likely N-dealkylation sites (tertiary alicyclic amines) is 1. The zero-order chi connectivity index (χ0) is 51.0. The molecule has 3 atom stereocenters. The molecule has 0 radical (unpaired) electrons. The smallest absolute Gasteiger partial charge is 0.320 e. The molecule has 9 rings (SSSR count). The molecule has 2 aromatic heterocycles. The summed E-state index contributed by atoms with van der Waals surface area (Å²) < 4.78 is 21.3. The number of halogens is 1. The van der Waals surface area contributed by atoms with Crippen LogP contribution in [0.1, 0.15) is 89.1 Å². The van der Waals surface area contributed by atoms with Crippen molar-refractivity contribution in [2.24, 2.45) is 0 Å². The highest BCUT2D eigenvalue weighted by Gasteiger charge is 2.45. The number of para-hydroxylation sites is 1. The number of hydrogen-bond acceptors (Lipinski definition) is 13. The SMILES string of the molecule is COCCN1C[C@@H](NC(=O)Nc2c(C)c(-c3cnc(N4CCN(C(=O)CCCCCCCNc5ccc6c(c5)C(=O)N(C5CCC(=O)NC5=O)C6=O)CC4)nc3)nn2-c2ccccc2)[C@H](c2cccc(F)c2)C1. The molecule has 3 fully saturated rings. The van der Waals surface area contributed by atoms with Crippen LogP contribution in [0.5, 0.6) is 0 Å². The molecule has 19 nitrogen and oxygen atoms in total. The molecule has 0 bridgehead atoms. The van der Waals surface area contributed by atoms with E-state index < -0.39 is 35.7 Å². The highest BCUT2D eigenvalue weighted by Crippen LogP contribution is 2.33. The first-order chi connectivity index (χ1) is 35.4. The zero-order valence-electron chi connectivity index (χ0n) is 41.1. The van der Waals surface area contributed by atoms with Gasteiger partial charge in [-0.2, -0.15) is 5.10 Å². The molecular weight excluding hydrogens is 936 g/mol. The van der Waals surface area contributed by atoms with Gasteiger partial charge in [0.2, 0.25) is 23.7 Å². The number of carbonyl (C=O) groups is 6. The van der Waals surface area contributed by atoms with Gasteiger partial charge >= 0.3 is 6.03 Å². The predicted octanol–water partition coefficient (Wildman–Crippen LogP) is 5.52. The molecule has 7 amide bonds. The minimum Gasteiger partial charge on any atom is -0.385 e. The third-order valence-corrected chi connectivity index (χ3v) is 14.1. The molecule has 20 heteroatoms. The molecule has 3 aromatic carbocycles. The number of piperidine rings is 1. The lowest BCUT2D eigenvalue weighted by molar-refractivity contribution is -0.136. The van der Waals surface area contributed by atoms with Crippen molar-refractivity contribution in [3.05, 3.63) is 113 Å². The van der Waals surface area contributed by atoms with Crippen molar-refractivity contribution < 1.29 is 37.9 Å². The molecule has 382 valence electrons. The monoisotopic (exact) mass is 996 g/mol. The summed E-state index contributed by atoms with van der Waals surface area (Å²) in [5, 5.41) is 16.7. The lowest BCUT2D eigenvalue weighted by atomic mass is 9.94. The predicted molar refractivity (Wildman–Crippen MR) is 271 cm³/mol. The number of hydrogen-bond donors (Lipinski definition) is 4. The Hall–Kier alpha value is -7.58. The van der Waals surface area contributed by atoms with Crippen LogP contribution >= 0.6 is 0 Å². The molecule has 1 unspecified atom stereocenters. The number of fused-ring (bicyclic) bond motifs is 1. The number of unbranched alkanes of at least 4 members (excludes halogenated alkanes) is 4. The normalized spacial score (nSPS) is 19.1. The maximum absolute atomic E-state index is 14.3. The largest absolute Gasteiger partial charge is 0.385 e. The number of methoxy groups -OCH3 is 1. The molecule has 4 N–H and O–H groups in total. The van der Waals surface area contributed by atoms with E-state index in [1.807, 2.05) is 48.2 Å². The van der Waals surface area contributed by atoms with E-state index in [1.165, 1.54) is 12.1 Å². The van der Waals surface area contributed by atoms with Gasteiger partial charge in [0.25, 0.3) is 11.8 Å². The number of aromatic nitrogens is 4. The maximum Gasteiger partial charge on any atom is 0.320 e. The van der Waals surface area contributed by atoms with Crippen LogP contribution in [0, 0.1) is 12.7 Å². The Morgan fingerprint density at radius 2 is 1.60 bits per heavy atom. The number of anilines is 3. The van der Waals surface area contributed by atoms with Crippen LogP contribution < -0.4 is 26.2 Å². The van der Waals surface area contributed by atoms with Crippen LogP contribution in [0.4, 0.5) is 26.6 Å². The zero-order valence-corrected chi connectivity index (χ0v) is 41.1. The summed E-state index contributed by atoms with van der Waals surface area (Å²) in [5.74, 6) is -1.36. The fourth-order valence-corrected chi connectivity index (χ4v) is 10.2. The standard InChI is InChI=1S/C53H61FN12O7/c1-34-47(61-66(39-14-7-6-8-15-39)48(34)60-53(72)58-43-33-62(26-27-73-2)32-42(43)35-12-11-13-37(54)28-35)36-30-56-52(57-31-36)64-24-22-63(23-25-64)46(68)16-9-4-3-5-10-21-55-38-17-18-40-41(29-38)51(71)65(50(40)70)44-19-20-45(67)59-49(44)69/h6-8,11-15,17-18,28-31,42-44,55H,3-5,9-10,16,19-27,32-33H2,1-2H3,(H2,58,60,72)(H,59,67,69)/t42-,43+,44?/m0/s1. The molecule has 5 aromatic rings. The van der Waals surface area contributed by atoms with Crippen LogP contribution in [-0.2, 0) is 19.1 Å². The van der Waals surface area contributed by atoms with E-state index >= 15 is 0 Å². The number of carbonyl (C=O) groups excluding carboxylic acids is 6. The van der Waals surface area contributed by atoms with Crippen LogP contribution in [0.3, 0.4) is 0 Å². The van der Waals surface area contributed by atoms with Gasteiger partial charge < -0.3 is 25.2 Å². The molecule has 4 aliphatic rings. The highest BCUT2D eigenvalue weighted by molar-refractivity contribution is 6.23. The summed E-state index contributed by atoms with van der Waals surface area (Å²) in [4.78, 5) is 93.7. The van der Waals surface area contributed by atoms with E-state index in [9.17, 15) is 33.2 Å². The van der Waals surface area contributed by atoms with Gasteiger partial charge in [-0.25, -0.2) is 23.8 Å². The quantitative estimate of drug-likeness (QED) is 0.0594. The van der Waals surface area contributed by atoms with Gasteiger partial charge in [0.15, 0.2) is 0 Å². The van der Waals surface area contributed by atoms with Crippen molar-refractivity contribution in [3.8, 4) is 16.9 Å². The fraction of sp³-hybridized carbons (Fsp3) is 0.415. The summed E-state index contributed by atoms with van der Waals surface area (Å²) in [6.45, 7) is 7.36. The Morgan fingerprint density at radius 3 is 2.36 bits per heavy atom. The Morgan fingerprint density at radius 1 is 0.849 bits per heavy atom. The van der Waals surface area contributed by atoms with Gasteiger partial charge in [0.05, 0.1) is 29.5 Å². The molecule has 0 saturated carbocycles. The number of benzene rings is 3. The average molecular weight is 997 g/mol. The molecule has 0 spiro atoms. The summed E-state index contributed by atoms with van der Waals surface area (Å²) in [6.07, 6.45) is 8.69. The van der Waals surface area contributed by atoms with Crippen molar-refractivity contribution in [1.29, 1.82) is 0 Å². The van der Waals surface area contributed by atoms with Crippen LogP contribution in [0.2, 0.25) is 0 Å². The van der Waals surface area contributed by atoms with Gasteiger partial charge in [-0.1, -0.05) is 49.6 Å².